The standard InChI is InChI=1S/C18H14F5N3O2/c1-8-12-6-9(19)7-13(20)15(12)28-14(8)16(18(21,22)23)26-17(27)25-11-4-2-10(24)3-5-11/h2-7,16H,24H2,1H3,(H2,25,26,27). The highest BCUT2D eigenvalue weighted by Gasteiger charge is 2.45. The molecule has 10 heteroatoms. The maximum absolute atomic E-state index is 13.9. The van der Waals surface area contributed by atoms with E-state index in [0.717, 1.165) is 6.07 Å². The van der Waals surface area contributed by atoms with Gasteiger partial charge in [0.1, 0.15) is 11.6 Å². The van der Waals surface area contributed by atoms with Crippen molar-refractivity contribution in [2.75, 3.05) is 11.1 Å². The minimum atomic E-state index is -4.95. The highest BCUT2D eigenvalue weighted by Crippen LogP contribution is 2.39. The molecule has 1 aromatic heterocycles. The summed E-state index contributed by atoms with van der Waals surface area (Å²) in [5, 5.41) is 3.84. The number of nitrogens with two attached hydrogens (primary N) is 1. The van der Waals surface area contributed by atoms with Gasteiger partial charge in [-0.05, 0) is 37.3 Å². The number of amides is 2. The van der Waals surface area contributed by atoms with Crippen molar-refractivity contribution in [3.05, 3.63) is 59.4 Å². The van der Waals surface area contributed by atoms with Gasteiger partial charge in [-0.3, -0.25) is 0 Å². The van der Waals surface area contributed by atoms with Gasteiger partial charge >= 0.3 is 12.2 Å². The first-order chi connectivity index (χ1) is 13.1. The third-order valence-electron chi connectivity index (χ3n) is 4.03. The molecule has 2 aromatic carbocycles. The number of fused-ring (bicyclic) bond motifs is 1. The van der Waals surface area contributed by atoms with Crippen molar-refractivity contribution in [1.29, 1.82) is 0 Å². The molecule has 0 aliphatic carbocycles. The number of furan rings is 1. The van der Waals surface area contributed by atoms with Crippen LogP contribution < -0.4 is 16.4 Å². The number of halogens is 5. The second kappa shape index (κ2) is 7.02. The first-order valence-corrected chi connectivity index (χ1v) is 7.94. The molecule has 0 aliphatic rings. The molecular formula is C18H14F5N3O2. The average Bonchev–Trinajstić information content (AvgIpc) is 2.91. The summed E-state index contributed by atoms with van der Waals surface area (Å²) in [7, 11) is 0. The molecule has 0 radical (unpaired) electrons. The largest absolute Gasteiger partial charge is 0.455 e. The molecule has 0 bridgehead atoms. The maximum atomic E-state index is 13.9. The van der Waals surface area contributed by atoms with Gasteiger partial charge in [0.2, 0.25) is 0 Å². The van der Waals surface area contributed by atoms with E-state index in [9.17, 15) is 26.7 Å². The zero-order valence-corrected chi connectivity index (χ0v) is 14.3. The summed E-state index contributed by atoms with van der Waals surface area (Å²) in [6.45, 7) is 1.22. The van der Waals surface area contributed by atoms with E-state index >= 15 is 0 Å². The Morgan fingerprint density at radius 2 is 1.79 bits per heavy atom. The molecule has 2 amide bonds. The van der Waals surface area contributed by atoms with Crippen LogP contribution in [-0.4, -0.2) is 12.2 Å². The van der Waals surface area contributed by atoms with E-state index in [1.807, 2.05) is 0 Å². The van der Waals surface area contributed by atoms with Gasteiger partial charge in [0.25, 0.3) is 0 Å². The van der Waals surface area contributed by atoms with E-state index < -0.39 is 41.2 Å². The number of aryl methyl sites for hydroxylation is 1. The molecule has 3 rings (SSSR count). The summed E-state index contributed by atoms with van der Waals surface area (Å²) in [4.78, 5) is 12.0. The first-order valence-electron chi connectivity index (χ1n) is 7.94. The van der Waals surface area contributed by atoms with Crippen LogP contribution in [0.4, 0.5) is 38.1 Å². The number of rotatable bonds is 3. The van der Waals surface area contributed by atoms with E-state index in [4.69, 9.17) is 10.2 Å². The summed E-state index contributed by atoms with van der Waals surface area (Å²) < 4.78 is 73.0. The van der Waals surface area contributed by atoms with Crippen LogP contribution in [0.25, 0.3) is 11.0 Å². The molecule has 28 heavy (non-hydrogen) atoms. The second-order valence-electron chi connectivity index (χ2n) is 6.05. The summed E-state index contributed by atoms with van der Waals surface area (Å²) >= 11 is 0. The number of alkyl halides is 3. The summed E-state index contributed by atoms with van der Waals surface area (Å²) in [5.74, 6) is -2.84. The number of carbonyl (C=O) groups excluding carboxylic acids is 1. The molecular weight excluding hydrogens is 385 g/mol. The normalized spacial score (nSPS) is 12.8. The lowest BCUT2D eigenvalue weighted by Crippen LogP contribution is -2.40. The van der Waals surface area contributed by atoms with Gasteiger partial charge in [0, 0.05) is 28.4 Å². The van der Waals surface area contributed by atoms with Gasteiger partial charge in [0.05, 0.1) is 0 Å². The highest BCUT2D eigenvalue weighted by molar-refractivity contribution is 5.90. The molecule has 148 valence electrons. The Hall–Kier alpha value is -3.30. The van der Waals surface area contributed by atoms with Crippen molar-refractivity contribution in [3.63, 3.8) is 0 Å². The lowest BCUT2D eigenvalue weighted by Gasteiger charge is -2.20. The third-order valence-corrected chi connectivity index (χ3v) is 4.03. The number of nitrogen functional groups attached to an aromatic ring is 1. The van der Waals surface area contributed by atoms with Gasteiger partial charge in [-0.25, -0.2) is 13.6 Å². The molecule has 0 aliphatic heterocycles. The van der Waals surface area contributed by atoms with Crippen LogP contribution in [0.5, 0.6) is 0 Å². The van der Waals surface area contributed by atoms with Gasteiger partial charge in [-0.2, -0.15) is 13.2 Å². The molecule has 0 fully saturated rings. The molecule has 0 spiro atoms. The Bertz CT molecular complexity index is 1030. The van der Waals surface area contributed by atoms with E-state index in [1.54, 1.807) is 5.32 Å². The fourth-order valence-electron chi connectivity index (χ4n) is 2.70. The minimum absolute atomic E-state index is 0.136. The molecule has 1 unspecified atom stereocenters. The van der Waals surface area contributed by atoms with Crippen molar-refractivity contribution >= 4 is 28.4 Å². The molecule has 1 heterocycles. The lowest BCUT2D eigenvalue weighted by molar-refractivity contribution is -0.158. The van der Waals surface area contributed by atoms with Gasteiger partial charge in [-0.1, -0.05) is 0 Å². The minimum Gasteiger partial charge on any atom is -0.455 e. The molecule has 0 saturated heterocycles. The highest BCUT2D eigenvalue weighted by atomic mass is 19.4. The number of hydrogen-bond donors (Lipinski definition) is 3. The molecule has 1 atom stereocenters. The topological polar surface area (TPSA) is 80.3 Å². The second-order valence-corrected chi connectivity index (χ2v) is 6.05. The zero-order valence-electron chi connectivity index (χ0n) is 14.3. The van der Waals surface area contributed by atoms with E-state index in [1.165, 1.54) is 31.2 Å². The predicted octanol–water partition coefficient (Wildman–Crippen LogP) is 5.03. The van der Waals surface area contributed by atoms with Crippen molar-refractivity contribution in [3.8, 4) is 0 Å². The average molecular weight is 399 g/mol. The quantitative estimate of drug-likeness (QED) is 0.427. The molecule has 4 N–H and O–H groups in total. The predicted molar refractivity (Wildman–Crippen MR) is 92.7 cm³/mol. The van der Waals surface area contributed by atoms with Crippen LogP contribution >= 0.6 is 0 Å². The number of carbonyl (C=O) groups is 1. The van der Waals surface area contributed by atoms with Crippen LogP contribution in [0.1, 0.15) is 17.4 Å². The number of benzene rings is 2. The van der Waals surface area contributed by atoms with E-state index in [2.05, 4.69) is 5.32 Å². The fourth-order valence-corrected chi connectivity index (χ4v) is 2.70. The van der Waals surface area contributed by atoms with Gasteiger partial charge < -0.3 is 20.8 Å². The van der Waals surface area contributed by atoms with Crippen molar-refractivity contribution in [2.24, 2.45) is 0 Å². The van der Waals surface area contributed by atoms with Crippen LogP contribution in [0.3, 0.4) is 0 Å². The van der Waals surface area contributed by atoms with Crippen molar-refractivity contribution < 1.29 is 31.2 Å². The SMILES string of the molecule is Cc1c(C(NC(=O)Nc2ccc(N)cc2)C(F)(F)F)oc2c(F)cc(F)cc12. The maximum Gasteiger partial charge on any atom is 0.416 e. The monoisotopic (exact) mass is 399 g/mol. The third kappa shape index (κ3) is 3.85. The van der Waals surface area contributed by atoms with Gasteiger partial charge in [0.15, 0.2) is 17.4 Å². The van der Waals surface area contributed by atoms with Crippen LogP contribution in [0, 0.1) is 18.6 Å². The Labute approximate surface area is 155 Å². The number of nitrogens with one attached hydrogen (secondary N) is 2. The van der Waals surface area contributed by atoms with Crippen molar-refractivity contribution in [2.45, 2.75) is 19.1 Å². The summed E-state index contributed by atoms with van der Waals surface area (Å²) in [6, 6.07) is 3.34. The first kappa shape index (κ1) is 19.5. The van der Waals surface area contributed by atoms with Crippen LogP contribution in [-0.2, 0) is 0 Å². The Balaban J connectivity index is 1.94. The van der Waals surface area contributed by atoms with Crippen LogP contribution in [0.2, 0.25) is 0 Å². The smallest absolute Gasteiger partial charge is 0.416 e. The van der Waals surface area contributed by atoms with Crippen molar-refractivity contribution in [1.82, 2.24) is 5.32 Å². The summed E-state index contributed by atoms with van der Waals surface area (Å²) in [5.41, 5.74) is 5.46. The zero-order chi connectivity index (χ0) is 20.6. The number of anilines is 2. The van der Waals surface area contributed by atoms with Gasteiger partial charge in [-0.15, -0.1) is 0 Å². The Morgan fingerprint density at radius 3 is 2.39 bits per heavy atom. The molecule has 5 nitrogen and oxygen atoms in total. The number of hydrogen-bond acceptors (Lipinski definition) is 3. The number of urea groups is 1. The summed E-state index contributed by atoms with van der Waals surface area (Å²) in [6.07, 6.45) is -4.95. The Morgan fingerprint density at radius 1 is 1.14 bits per heavy atom. The Kier molecular flexibility index (Phi) is 4.88. The lowest BCUT2D eigenvalue weighted by atomic mass is 10.1. The van der Waals surface area contributed by atoms with E-state index in [0.29, 0.717) is 11.8 Å². The molecule has 3 aromatic rings. The van der Waals surface area contributed by atoms with E-state index in [-0.39, 0.29) is 16.6 Å². The van der Waals surface area contributed by atoms with Crippen LogP contribution in [0.15, 0.2) is 40.8 Å². The molecule has 0 saturated carbocycles. The fraction of sp³-hybridized carbons (Fsp3) is 0.167.